The lowest BCUT2D eigenvalue weighted by molar-refractivity contribution is -0.122. The van der Waals surface area contributed by atoms with Gasteiger partial charge in [-0.3, -0.25) is 14.6 Å². The summed E-state index contributed by atoms with van der Waals surface area (Å²) in [6.07, 6.45) is 0.872. The molecule has 0 bridgehead atoms. The third-order valence-corrected chi connectivity index (χ3v) is 4.47. The predicted octanol–water partition coefficient (Wildman–Crippen LogP) is 1.46. The van der Waals surface area contributed by atoms with Gasteiger partial charge in [0.25, 0.3) is 0 Å². The van der Waals surface area contributed by atoms with E-state index in [1.807, 2.05) is 31.2 Å². The first-order chi connectivity index (χ1) is 12.2. The van der Waals surface area contributed by atoms with Crippen molar-refractivity contribution in [1.29, 1.82) is 0 Å². The lowest BCUT2D eigenvalue weighted by Crippen LogP contribution is -2.49. The van der Waals surface area contributed by atoms with Crippen LogP contribution in [-0.2, 0) is 17.8 Å². The van der Waals surface area contributed by atoms with Gasteiger partial charge in [-0.1, -0.05) is 35.5 Å². The van der Waals surface area contributed by atoms with E-state index >= 15 is 0 Å². The summed E-state index contributed by atoms with van der Waals surface area (Å²) in [6.45, 7) is 7.59. The Bertz CT molecular complexity index is 663. The van der Waals surface area contributed by atoms with Crippen LogP contribution in [-0.4, -0.2) is 60.1 Å². The second-order valence-corrected chi connectivity index (χ2v) is 6.57. The lowest BCUT2D eigenvalue weighted by Gasteiger charge is -2.33. The van der Waals surface area contributed by atoms with E-state index in [-0.39, 0.29) is 5.91 Å². The number of aromatic nitrogens is 1. The zero-order chi connectivity index (χ0) is 17.5. The van der Waals surface area contributed by atoms with E-state index in [1.165, 1.54) is 5.56 Å². The molecule has 0 radical (unpaired) electrons. The van der Waals surface area contributed by atoms with Crippen molar-refractivity contribution in [1.82, 2.24) is 20.3 Å². The molecule has 6 heteroatoms. The summed E-state index contributed by atoms with van der Waals surface area (Å²) < 4.78 is 5.11. The Kier molecular flexibility index (Phi) is 6.19. The maximum absolute atomic E-state index is 12.1. The molecule has 0 unspecified atom stereocenters. The molecule has 1 aliphatic rings. The molecule has 134 valence electrons. The van der Waals surface area contributed by atoms with Crippen LogP contribution in [0.3, 0.4) is 0 Å². The highest BCUT2D eigenvalue weighted by Gasteiger charge is 2.19. The van der Waals surface area contributed by atoms with Crippen LogP contribution in [0.25, 0.3) is 0 Å². The molecule has 2 heterocycles. The summed E-state index contributed by atoms with van der Waals surface area (Å²) in [5, 5.41) is 7.06. The summed E-state index contributed by atoms with van der Waals surface area (Å²) in [5.74, 6) is 0.956. The Hall–Kier alpha value is -2.18. The largest absolute Gasteiger partial charge is 0.361 e. The van der Waals surface area contributed by atoms with Crippen molar-refractivity contribution in [2.24, 2.45) is 0 Å². The molecule has 0 aliphatic carbocycles. The normalized spacial score (nSPS) is 16.0. The fraction of sp³-hybridized carbons (Fsp3) is 0.474. The van der Waals surface area contributed by atoms with Crippen molar-refractivity contribution in [3.63, 3.8) is 0 Å². The molecule has 1 fully saturated rings. The summed E-state index contributed by atoms with van der Waals surface area (Å²) in [5.41, 5.74) is 2.23. The van der Waals surface area contributed by atoms with Crippen LogP contribution in [0.2, 0.25) is 0 Å². The second-order valence-electron chi connectivity index (χ2n) is 6.57. The zero-order valence-electron chi connectivity index (χ0n) is 14.8. The fourth-order valence-corrected chi connectivity index (χ4v) is 3.08. The third kappa shape index (κ3) is 5.69. The van der Waals surface area contributed by atoms with Crippen LogP contribution < -0.4 is 5.32 Å². The SMILES string of the molecule is Cc1cc(CN2CCN(CC(=O)NCCc3ccccc3)CC2)no1. The van der Waals surface area contributed by atoms with Gasteiger partial charge in [0.05, 0.1) is 12.2 Å². The first-order valence-corrected chi connectivity index (χ1v) is 8.86. The van der Waals surface area contributed by atoms with Crippen LogP contribution in [0.1, 0.15) is 17.0 Å². The van der Waals surface area contributed by atoms with Gasteiger partial charge in [0.2, 0.25) is 5.91 Å². The molecular formula is C19H26N4O2. The Balaban J connectivity index is 1.32. The maximum Gasteiger partial charge on any atom is 0.234 e. The van der Waals surface area contributed by atoms with Gasteiger partial charge in [0.15, 0.2) is 0 Å². The Morgan fingerprint density at radius 3 is 2.56 bits per heavy atom. The van der Waals surface area contributed by atoms with Gasteiger partial charge in [-0.2, -0.15) is 0 Å². The number of carbonyl (C=O) groups excluding carboxylic acids is 1. The van der Waals surface area contributed by atoms with E-state index in [2.05, 4.69) is 32.4 Å². The highest BCUT2D eigenvalue weighted by atomic mass is 16.5. The number of nitrogens with one attached hydrogen (secondary N) is 1. The highest BCUT2D eigenvalue weighted by molar-refractivity contribution is 5.78. The van der Waals surface area contributed by atoms with Crippen LogP contribution in [0.15, 0.2) is 40.9 Å². The number of aryl methyl sites for hydroxylation is 1. The quantitative estimate of drug-likeness (QED) is 0.825. The number of hydrogen-bond donors (Lipinski definition) is 1. The average Bonchev–Trinajstić information content (AvgIpc) is 3.02. The molecule has 0 atom stereocenters. The number of hydrogen-bond acceptors (Lipinski definition) is 5. The summed E-state index contributed by atoms with van der Waals surface area (Å²) in [4.78, 5) is 16.6. The maximum atomic E-state index is 12.1. The number of carbonyl (C=O) groups is 1. The first-order valence-electron chi connectivity index (χ1n) is 8.86. The van der Waals surface area contributed by atoms with Gasteiger partial charge in [-0.15, -0.1) is 0 Å². The van der Waals surface area contributed by atoms with E-state index in [0.29, 0.717) is 13.1 Å². The molecule has 0 spiro atoms. The van der Waals surface area contributed by atoms with Gasteiger partial charge in [-0.25, -0.2) is 0 Å². The minimum absolute atomic E-state index is 0.108. The van der Waals surface area contributed by atoms with Crippen LogP contribution in [0, 0.1) is 6.92 Å². The Morgan fingerprint density at radius 1 is 1.16 bits per heavy atom. The standard InChI is InChI=1S/C19H26N4O2/c1-16-13-18(21-25-16)14-22-9-11-23(12-10-22)15-19(24)20-8-7-17-5-3-2-4-6-17/h2-6,13H,7-12,14-15H2,1H3,(H,20,24). The van der Waals surface area contributed by atoms with Crippen LogP contribution in [0.5, 0.6) is 0 Å². The monoisotopic (exact) mass is 342 g/mol. The Morgan fingerprint density at radius 2 is 1.88 bits per heavy atom. The number of benzene rings is 1. The van der Waals surface area contributed by atoms with E-state index in [0.717, 1.165) is 50.6 Å². The number of nitrogens with zero attached hydrogens (tertiary/aromatic N) is 3. The summed E-state index contributed by atoms with van der Waals surface area (Å²) in [7, 11) is 0. The zero-order valence-corrected chi connectivity index (χ0v) is 14.8. The molecule has 1 saturated heterocycles. The average molecular weight is 342 g/mol. The van der Waals surface area contributed by atoms with Crippen molar-refractivity contribution >= 4 is 5.91 Å². The summed E-state index contributed by atoms with van der Waals surface area (Å²) in [6, 6.07) is 12.2. The Labute approximate surface area is 148 Å². The molecule has 1 N–H and O–H groups in total. The molecule has 25 heavy (non-hydrogen) atoms. The smallest absolute Gasteiger partial charge is 0.234 e. The lowest BCUT2D eigenvalue weighted by atomic mass is 10.1. The molecule has 2 aromatic rings. The molecule has 1 aromatic carbocycles. The summed E-state index contributed by atoms with van der Waals surface area (Å²) >= 11 is 0. The number of rotatable bonds is 7. The van der Waals surface area contributed by atoms with Crippen molar-refractivity contribution in [3.8, 4) is 0 Å². The third-order valence-electron chi connectivity index (χ3n) is 4.47. The van der Waals surface area contributed by atoms with Gasteiger partial charge < -0.3 is 9.84 Å². The molecule has 0 saturated carbocycles. The molecule has 3 rings (SSSR count). The van der Waals surface area contributed by atoms with Gasteiger partial charge in [0.1, 0.15) is 5.76 Å². The molecule has 1 aliphatic heterocycles. The van der Waals surface area contributed by atoms with Crippen LogP contribution >= 0.6 is 0 Å². The van der Waals surface area contributed by atoms with E-state index in [1.54, 1.807) is 0 Å². The van der Waals surface area contributed by atoms with E-state index < -0.39 is 0 Å². The number of piperazine rings is 1. The van der Waals surface area contributed by atoms with E-state index in [9.17, 15) is 4.79 Å². The fourth-order valence-electron chi connectivity index (χ4n) is 3.08. The van der Waals surface area contributed by atoms with Crippen LogP contribution in [0.4, 0.5) is 0 Å². The van der Waals surface area contributed by atoms with Gasteiger partial charge in [0, 0.05) is 45.3 Å². The minimum Gasteiger partial charge on any atom is -0.361 e. The van der Waals surface area contributed by atoms with Gasteiger partial charge >= 0.3 is 0 Å². The molecule has 1 aromatic heterocycles. The highest BCUT2D eigenvalue weighted by Crippen LogP contribution is 2.08. The first kappa shape index (κ1) is 17.6. The van der Waals surface area contributed by atoms with Gasteiger partial charge in [-0.05, 0) is 18.9 Å². The van der Waals surface area contributed by atoms with Crippen molar-refractivity contribution < 1.29 is 9.32 Å². The topological polar surface area (TPSA) is 61.6 Å². The van der Waals surface area contributed by atoms with Crippen molar-refractivity contribution in [3.05, 3.63) is 53.4 Å². The number of amides is 1. The van der Waals surface area contributed by atoms with Crippen molar-refractivity contribution in [2.45, 2.75) is 19.9 Å². The minimum atomic E-state index is 0.108. The molecular weight excluding hydrogens is 316 g/mol. The molecule has 1 amide bonds. The van der Waals surface area contributed by atoms with Crippen molar-refractivity contribution in [2.75, 3.05) is 39.3 Å². The predicted molar refractivity (Wildman–Crippen MR) is 96.1 cm³/mol. The second kappa shape index (κ2) is 8.78. The molecule has 6 nitrogen and oxygen atoms in total. The van der Waals surface area contributed by atoms with E-state index in [4.69, 9.17) is 4.52 Å².